The molecule has 0 fully saturated rings. The molecule has 0 radical (unpaired) electrons. The Morgan fingerprint density at radius 1 is 0.952 bits per heavy atom. The fourth-order valence-electron chi connectivity index (χ4n) is 2.97. The summed E-state index contributed by atoms with van der Waals surface area (Å²) in [4.78, 5) is 0. The molecule has 0 aliphatic rings. The van der Waals surface area contributed by atoms with Crippen LogP contribution in [-0.2, 0) is 0 Å². The van der Waals surface area contributed by atoms with Crippen molar-refractivity contribution < 1.29 is 0 Å². The fourth-order valence-corrected chi connectivity index (χ4v) is 2.97. The summed E-state index contributed by atoms with van der Waals surface area (Å²) in [5.41, 5.74) is 1.50. The first-order chi connectivity index (χ1) is 10.2. The topological polar surface area (TPSA) is 12.0 Å². The van der Waals surface area contributed by atoms with Crippen LogP contribution in [0.25, 0.3) is 0 Å². The number of hydrogen-bond acceptors (Lipinski definition) is 1. The predicted molar refractivity (Wildman–Crippen MR) is 94.9 cm³/mol. The Labute approximate surface area is 132 Å². The van der Waals surface area contributed by atoms with Crippen LogP contribution in [0.4, 0.5) is 0 Å². The third-order valence-corrected chi connectivity index (χ3v) is 4.51. The van der Waals surface area contributed by atoms with Crippen molar-refractivity contribution in [1.29, 1.82) is 0 Å². The van der Waals surface area contributed by atoms with E-state index in [-0.39, 0.29) is 0 Å². The summed E-state index contributed by atoms with van der Waals surface area (Å²) in [6.07, 6.45) is 8.14. The molecule has 2 atom stereocenters. The Kier molecular flexibility index (Phi) is 9.41. The van der Waals surface area contributed by atoms with Gasteiger partial charge in [0, 0.05) is 12.6 Å². The molecule has 1 aromatic carbocycles. The van der Waals surface area contributed by atoms with Crippen LogP contribution >= 0.6 is 0 Å². The molecule has 21 heavy (non-hydrogen) atoms. The van der Waals surface area contributed by atoms with Gasteiger partial charge in [-0.15, -0.1) is 0 Å². The molecule has 1 heteroatoms. The average molecular weight is 290 g/mol. The van der Waals surface area contributed by atoms with E-state index in [0.717, 1.165) is 12.5 Å². The molecule has 1 nitrogen and oxygen atoms in total. The Balaban J connectivity index is 2.56. The van der Waals surface area contributed by atoms with Gasteiger partial charge in [0.15, 0.2) is 0 Å². The monoisotopic (exact) mass is 289 g/mol. The molecule has 1 rings (SSSR count). The van der Waals surface area contributed by atoms with Crippen molar-refractivity contribution in [2.24, 2.45) is 5.92 Å². The van der Waals surface area contributed by atoms with Crippen molar-refractivity contribution in [1.82, 2.24) is 5.32 Å². The summed E-state index contributed by atoms with van der Waals surface area (Å²) in [6, 6.07) is 11.6. The van der Waals surface area contributed by atoms with E-state index in [1.54, 1.807) is 0 Å². The van der Waals surface area contributed by atoms with E-state index in [9.17, 15) is 0 Å². The van der Waals surface area contributed by atoms with Crippen LogP contribution in [0.15, 0.2) is 30.3 Å². The molecule has 0 aliphatic heterocycles. The Hall–Kier alpha value is -0.820. The van der Waals surface area contributed by atoms with Crippen molar-refractivity contribution in [2.75, 3.05) is 6.54 Å². The number of hydrogen-bond donors (Lipinski definition) is 1. The van der Waals surface area contributed by atoms with Crippen LogP contribution in [0, 0.1) is 5.92 Å². The first-order valence-electron chi connectivity index (χ1n) is 8.95. The second kappa shape index (κ2) is 10.8. The lowest BCUT2D eigenvalue weighted by atomic mass is 9.87. The second-order valence-corrected chi connectivity index (χ2v) is 6.66. The van der Waals surface area contributed by atoms with Gasteiger partial charge in [0.25, 0.3) is 0 Å². The van der Waals surface area contributed by atoms with Crippen molar-refractivity contribution in [3.63, 3.8) is 0 Å². The highest BCUT2D eigenvalue weighted by Crippen LogP contribution is 2.26. The van der Waals surface area contributed by atoms with Crippen LogP contribution in [0.2, 0.25) is 0 Å². The van der Waals surface area contributed by atoms with Gasteiger partial charge in [-0.25, -0.2) is 0 Å². The van der Waals surface area contributed by atoms with Gasteiger partial charge in [-0.1, -0.05) is 83.7 Å². The fraction of sp³-hybridized carbons (Fsp3) is 0.700. The van der Waals surface area contributed by atoms with E-state index in [2.05, 4.69) is 63.3 Å². The molecule has 0 saturated heterocycles. The minimum atomic E-state index is 0.568. The molecule has 120 valence electrons. The summed E-state index contributed by atoms with van der Waals surface area (Å²) in [5.74, 6) is 1.57. The molecular formula is C20H35N. The van der Waals surface area contributed by atoms with Crippen molar-refractivity contribution in [3.8, 4) is 0 Å². The minimum Gasteiger partial charge on any atom is -0.314 e. The van der Waals surface area contributed by atoms with E-state index in [0.29, 0.717) is 12.0 Å². The summed E-state index contributed by atoms with van der Waals surface area (Å²) < 4.78 is 0. The largest absolute Gasteiger partial charge is 0.314 e. The number of nitrogens with one attached hydrogen (secondary N) is 1. The van der Waals surface area contributed by atoms with E-state index in [4.69, 9.17) is 0 Å². The molecule has 0 bridgehead atoms. The first-order valence-corrected chi connectivity index (χ1v) is 8.95. The van der Waals surface area contributed by atoms with Crippen LogP contribution in [-0.4, -0.2) is 12.6 Å². The van der Waals surface area contributed by atoms with Crippen LogP contribution in [0.3, 0.4) is 0 Å². The molecule has 1 aromatic rings. The SMILES string of the molecule is CCCCC(CC)CCC(CNC(C)C)c1ccccc1. The zero-order chi connectivity index (χ0) is 15.5. The molecule has 1 N–H and O–H groups in total. The van der Waals surface area contributed by atoms with Gasteiger partial charge in [0.2, 0.25) is 0 Å². The molecular weight excluding hydrogens is 254 g/mol. The van der Waals surface area contributed by atoms with Crippen molar-refractivity contribution >= 4 is 0 Å². The lowest BCUT2D eigenvalue weighted by molar-refractivity contribution is 0.382. The van der Waals surface area contributed by atoms with Gasteiger partial charge >= 0.3 is 0 Å². The van der Waals surface area contributed by atoms with Gasteiger partial charge in [-0.05, 0) is 30.2 Å². The summed E-state index contributed by atoms with van der Waals surface area (Å²) in [7, 11) is 0. The number of benzene rings is 1. The summed E-state index contributed by atoms with van der Waals surface area (Å²) in [5, 5.41) is 3.63. The maximum Gasteiger partial charge on any atom is 0.00225 e. The quantitative estimate of drug-likeness (QED) is 0.545. The van der Waals surface area contributed by atoms with E-state index in [1.165, 1.54) is 44.1 Å². The minimum absolute atomic E-state index is 0.568. The van der Waals surface area contributed by atoms with E-state index >= 15 is 0 Å². The highest BCUT2D eigenvalue weighted by atomic mass is 14.9. The smallest absolute Gasteiger partial charge is 0.00225 e. The highest BCUT2D eigenvalue weighted by Gasteiger charge is 2.14. The maximum absolute atomic E-state index is 3.63. The summed E-state index contributed by atoms with van der Waals surface area (Å²) >= 11 is 0. The van der Waals surface area contributed by atoms with Crippen LogP contribution < -0.4 is 5.32 Å². The highest BCUT2D eigenvalue weighted by molar-refractivity contribution is 5.19. The molecule has 0 spiro atoms. The van der Waals surface area contributed by atoms with E-state index < -0.39 is 0 Å². The predicted octanol–water partition coefficient (Wildman–Crippen LogP) is 5.76. The summed E-state index contributed by atoms with van der Waals surface area (Å²) in [6.45, 7) is 10.2. The standard InChI is InChI=1S/C20H35N/c1-5-7-11-18(6-2)14-15-20(16-21-17(3)4)19-12-9-8-10-13-19/h8-10,12-13,17-18,20-21H,5-7,11,14-16H2,1-4H3. The van der Waals surface area contributed by atoms with Gasteiger partial charge in [-0.3, -0.25) is 0 Å². The molecule has 0 amide bonds. The van der Waals surface area contributed by atoms with Gasteiger partial charge in [-0.2, -0.15) is 0 Å². The average Bonchev–Trinajstić information content (AvgIpc) is 2.50. The van der Waals surface area contributed by atoms with Gasteiger partial charge < -0.3 is 5.32 Å². The molecule has 0 aromatic heterocycles. The lowest BCUT2D eigenvalue weighted by Gasteiger charge is -2.22. The second-order valence-electron chi connectivity index (χ2n) is 6.66. The first kappa shape index (κ1) is 18.2. The zero-order valence-corrected chi connectivity index (χ0v) is 14.6. The third-order valence-electron chi connectivity index (χ3n) is 4.51. The van der Waals surface area contributed by atoms with Crippen LogP contribution in [0.5, 0.6) is 0 Å². The molecule has 2 unspecified atom stereocenters. The molecule has 0 saturated carbocycles. The normalized spacial score (nSPS) is 14.3. The molecule has 0 aliphatic carbocycles. The number of unbranched alkanes of at least 4 members (excludes halogenated alkanes) is 1. The van der Waals surface area contributed by atoms with Gasteiger partial charge in [0.05, 0.1) is 0 Å². The number of rotatable bonds is 11. The van der Waals surface area contributed by atoms with Crippen molar-refractivity contribution in [3.05, 3.63) is 35.9 Å². The zero-order valence-electron chi connectivity index (χ0n) is 14.6. The third kappa shape index (κ3) is 7.66. The van der Waals surface area contributed by atoms with Gasteiger partial charge in [0.1, 0.15) is 0 Å². The van der Waals surface area contributed by atoms with Crippen molar-refractivity contribution in [2.45, 2.75) is 78.2 Å². The Morgan fingerprint density at radius 2 is 1.67 bits per heavy atom. The van der Waals surface area contributed by atoms with E-state index in [1.807, 2.05) is 0 Å². The van der Waals surface area contributed by atoms with Crippen LogP contribution in [0.1, 0.15) is 77.7 Å². The molecule has 0 heterocycles. The lowest BCUT2D eigenvalue weighted by Crippen LogP contribution is -2.28. The Bertz CT molecular complexity index is 344. The maximum atomic E-state index is 3.63. The Morgan fingerprint density at radius 3 is 2.24 bits per heavy atom.